The van der Waals surface area contributed by atoms with Gasteiger partial charge in [0.25, 0.3) is 10.0 Å². The third kappa shape index (κ3) is 8.46. The van der Waals surface area contributed by atoms with E-state index in [0.29, 0.717) is 21.0 Å². The molecule has 0 spiro atoms. The fraction of sp³-hybridized carbons (Fsp3) is 0.310. The Bertz CT molecular complexity index is 1490. The van der Waals surface area contributed by atoms with Crippen molar-refractivity contribution in [3.05, 3.63) is 95.0 Å². The lowest BCUT2D eigenvalue weighted by molar-refractivity contribution is -0.140. The van der Waals surface area contributed by atoms with Gasteiger partial charge in [0, 0.05) is 17.1 Å². The molecule has 0 heterocycles. The summed E-state index contributed by atoms with van der Waals surface area (Å²) in [4.78, 5) is 27.9. The maximum atomic E-state index is 13.9. The van der Waals surface area contributed by atoms with Crippen LogP contribution in [0.4, 0.5) is 18.9 Å². The standard InChI is InChI=1S/C29H31ClF3N3O4S/c1-20(27(38)34-28(2,3)4)35(18-21-10-8-12-23(30)16-21)26(37)19-36(41(39,40)25-14-6-5-7-15-25)24-13-9-11-22(17-24)29(31,32)33/h5-17,20H,18-19H2,1-4H3,(H,34,38). The summed E-state index contributed by atoms with van der Waals surface area (Å²) < 4.78 is 68.7. The first-order valence-electron chi connectivity index (χ1n) is 12.6. The zero-order chi connectivity index (χ0) is 30.6. The number of nitrogens with zero attached hydrogens (tertiary/aromatic N) is 2. The Balaban J connectivity index is 2.09. The van der Waals surface area contributed by atoms with Crippen LogP contribution in [0.1, 0.15) is 38.8 Å². The number of hydrogen-bond acceptors (Lipinski definition) is 4. The second-order valence-corrected chi connectivity index (χ2v) is 12.7. The molecule has 0 aliphatic heterocycles. The van der Waals surface area contributed by atoms with Gasteiger partial charge in [-0.25, -0.2) is 8.42 Å². The monoisotopic (exact) mass is 609 g/mol. The summed E-state index contributed by atoms with van der Waals surface area (Å²) in [6, 6.07) is 16.3. The van der Waals surface area contributed by atoms with Crippen molar-refractivity contribution >= 4 is 39.1 Å². The highest BCUT2D eigenvalue weighted by molar-refractivity contribution is 7.92. The number of hydrogen-bond donors (Lipinski definition) is 1. The van der Waals surface area contributed by atoms with E-state index in [0.717, 1.165) is 12.1 Å². The van der Waals surface area contributed by atoms with Crippen molar-refractivity contribution in [3.63, 3.8) is 0 Å². The zero-order valence-electron chi connectivity index (χ0n) is 22.9. The molecule has 0 aromatic heterocycles. The van der Waals surface area contributed by atoms with Crippen molar-refractivity contribution in [3.8, 4) is 0 Å². The van der Waals surface area contributed by atoms with Gasteiger partial charge in [-0.2, -0.15) is 13.2 Å². The fourth-order valence-electron chi connectivity index (χ4n) is 3.97. The molecule has 7 nitrogen and oxygen atoms in total. The number of alkyl halides is 3. The minimum Gasteiger partial charge on any atom is -0.350 e. The van der Waals surface area contributed by atoms with Gasteiger partial charge in [0.2, 0.25) is 11.8 Å². The van der Waals surface area contributed by atoms with E-state index in [-0.39, 0.29) is 17.1 Å². The zero-order valence-corrected chi connectivity index (χ0v) is 24.5. The summed E-state index contributed by atoms with van der Waals surface area (Å²) in [7, 11) is -4.50. The van der Waals surface area contributed by atoms with E-state index in [1.165, 1.54) is 42.2 Å². The quantitative estimate of drug-likeness (QED) is 0.328. The maximum Gasteiger partial charge on any atom is 0.416 e. The van der Waals surface area contributed by atoms with Crippen molar-refractivity contribution in [2.75, 3.05) is 10.8 Å². The SMILES string of the molecule is CC(C(=O)NC(C)(C)C)N(Cc1cccc(Cl)c1)C(=O)CN(c1cccc(C(F)(F)F)c1)S(=O)(=O)c1ccccc1. The van der Waals surface area contributed by atoms with Crippen molar-refractivity contribution in [1.82, 2.24) is 10.2 Å². The highest BCUT2D eigenvalue weighted by atomic mass is 35.5. The normalized spacial score (nSPS) is 12.9. The average Bonchev–Trinajstić information content (AvgIpc) is 2.89. The molecule has 0 aliphatic rings. The average molecular weight is 610 g/mol. The van der Waals surface area contributed by atoms with E-state index in [4.69, 9.17) is 11.6 Å². The molecule has 3 aromatic rings. The van der Waals surface area contributed by atoms with Crippen LogP contribution >= 0.6 is 11.6 Å². The molecule has 0 radical (unpaired) electrons. The Morgan fingerprint density at radius 2 is 1.56 bits per heavy atom. The van der Waals surface area contributed by atoms with E-state index < -0.39 is 51.7 Å². The Labute approximate surface area is 243 Å². The van der Waals surface area contributed by atoms with Gasteiger partial charge in [0.1, 0.15) is 12.6 Å². The molecule has 0 saturated carbocycles. The van der Waals surface area contributed by atoms with Crippen LogP contribution in [0.15, 0.2) is 83.8 Å². The van der Waals surface area contributed by atoms with Crippen molar-refractivity contribution < 1.29 is 31.2 Å². The van der Waals surface area contributed by atoms with Crippen LogP contribution in [0, 0.1) is 0 Å². The summed E-state index contributed by atoms with van der Waals surface area (Å²) in [6.45, 7) is 5.81. The van der Waals surface area contributed by atoms with Crippen LogP contribution in [0.2, 0.25) is 5.02 Å². The van der Waals surface area contributed by atoms with Crippen LogP contribution < -0.4 is 9.62 Å². The predicted molar refractivity (Wildman–Crippen MR) is 152 cm³/mol. The third-order valence-electron chi connectivity index (χ3n) is 5.98. The fourth-order valence-corrected chi connectivity index (χ4v) is 5.61. The molecule has 12 heteroatoms. The van der Waals surface area contributed by atoms with Crippen molar-refractivity contribution in [1.29, 1.82) is 0 Å². The number of rotatable bonds is 9. The van der Waals surface area contributed by atoms with E-state index in [1.54, 1.807) is 51.1 Å². The second-order valence-electron chi connectivity index (χ2n) is 10.4. The van der Waals surface area contributed by atoms with Gasteiger partial charge in [-0.15, -0.1) is 0 Å². The number of sulfonamides is 1. The molecule has 0 bridgehead atoms. The highest BCUT2D eigenvalue weighted by Gasteiger charge is 2.35. The Kier molecular flexibility index (Phi) is 9.76. The molecule has 0 saturated heterocycles. The number of carbonyl (C=O) groups excluding carboxylic acids is 2. The summed E-state index contributed by atoms with van der Waals surface area (Å²) >= 11 is 6.12. The van der Waals surface area contributed by atoms with Crippen LogP contribution in [-0.2, 0) is 32.3 Å². The van der Waals surface area contributed by atoms with Gasteiger partial charge >= 0.3 is 6.18 Å². The molecule has 1 N–H and O–H groups in total. The van der Waals surface area contributed by atoms with Gasteiger partial charge in [-0.05, 0) is 75.7 Å². The maximum absolute atomic E-state index is 13.9. The first-order valence-corrected chi connectivity index (χ1v) is 14.4. The summed E-state index contributed by atoms with van der Waals surface area (Å²) in [6.07, 6.45) is -4.75. The Morgan fingerprint density at radius 3 is 2.15 bits per heavy atom. The minimum absolute atomic E-state index is 0.111. The molecular weight excluding hydrogens is 579 g/mol. The Morgan fingerprint density at radius 1 is 0.927 bits per heavy atom. The molecule has 3 rings (SSSR count). The van der Waals surface area contributed by atoms with Crippen LogP contribution in [0.5, 0.6) is 0 Å². The lowest BCUT2D eigenvalue weighted by atomic mass is 10.1. The van der Waals surface area contributed by atoms with Gasteiger partial charge in [0.05, 0.1) is 16.1 Å². The molecule has 1 atom stereocenters. The van der Waals surface area contributed by atoms with Crippen LogP contribution in [-0.4, -0.2) is 43.3 Å². The second kappa shape index (κ2) is 12.5. The molecule has 1 unspecified atom stereocenters. The van der Waals surface area contributed by atoms with E-state index in [1.807, 2.05) is 0 Å². The summed E-state index contributed by atoms with van der Waals surface area (Å²) in [5.74, 6) is -1.30. The first kappa shape index (κ1) is 32.0. The lowest BCUT2D eigenvalue weighted by Gasteiger charge is -2.33. The lowest BCUT2D eigenvalue weighted by Crippen LogP contribution is -2.54. The van der Waals surface area contributed by atoms with Gasteiger partial charge in [0.15, 0.2) is 0 Å². The third-order valence-corrected chi connectivity index (χ3v) is 8.00. The van der Waals surface area contributed by atoms with E-state index in [9.17, 15) is 31.2 Å². The molecular formula is C29H31ClF3N3O4S. The predicted octanol–water partition coefficient (Wildman–Crippen LogP) is 5.89. The molecule has 2 amide bonds. The largest absolute Gasteiger partial charge is 0.416 e. The summed E-state index contributed by atoms with van der Waals surface area (Å²) in [5, 5.41) is 3.19. The minimum atomic E-state index is -4.75. The van der Waals surface area contributed by atoms with Crippen LogP contribution in [0.3, 0.4) is 0 Å². The molecule has 0 fully saturated rings. The van der Waals surface area contributed by atoms with Crippen molar-refractivity contribution in [2.45, 2.75) is 56.9 Å². The van der Waals surface area contributed by atoms with Gasteiger partial charge < -0.3 is 10.2 Å². The number of nitrogens with one attached hydrogen (secondary N) is 1. The smallest absolute Gasteiger partial charge is 0.350 e. The number of halogens is 4. The molecule has 220 valence electrons. The summed E-state index contributed by atoms with van der Waals surface area (Å²) in [5.41, 5.74) is -1.50. The first-order chi connectivity index (χ1) is 19.0. The van der Waals surface area contributed by atoms with Crippen molar-refractivity contribution in [2.24, 2.45) is 0 Å². The number of amides is 2. The topological polar surface area (TPSA) is 86.8 Å². The number of benzene rings is 3. The van der Waals surface area contributed by atoms with E-state index in [2.05, 4.69) is 5.32 Å². The van der Waals surface area contributed by atoms with Gasteiger partial charge in [-0.3, -0.25) is 13.9 Å². The molecule has 0 aliphatic carbocycles. The number of carbonyl (C=O) groups is 2. The number of anilines is 1. The highest BCUT2D eigenvalue weighted by Crippen LogP contribution is 2.33. The molecule has 3 aromatic carbocycles. The van der Waals surface area contributed by atoms with Crippen LogP contribution in [0.25, 0.3) is 0 Å². The Hall–Kier alpha value is -3.57. The molecule has 41 heavy (non-hydrogen) atoms. The van der Waals surface area contributed by atoms with E-state index >= 15 is 0 Å². The van der Waals surface area contributed by atoms with Gasteiger partial charge in [-0.1, -0.05) is 48.0 Å².